The predicted octanol–water partition coefficient (Wildman–Crippen LogP) is 10.1. The Balaban J connectivity index is 1.19. The van der Waals surface area contributed by atoms with E-state index in [1.165, 1.54) is 76.8 Å². The summed E-state index contributed by atoms with van der Waals surface area (Å²) in [4.78, 5) is 0. The molecule has 10 rings (SSSR count). The van der Waals surface area contributed by atoms with Crippen molar-refractivity contribution in [3.05, 3.63) is 146 Å². The Kier molecular flexibility index (Phi) is 5.70. The fraction of sp³-hybridized carbons (Fsp3) is 0.0870. The second kappa shape index (κ2) is 9.76. The third kappa shape index (κ3) is 3.70. The molecule has 2 aliphatic rings. The highest BCUT2D eigenvalue weighted by Gasteiger charge is 2.41. The highest BCUT2D eigenvalue weighted by Crippen LogP contribution is 2.42. The Morgan fingerprint density at radius 3 is 1.17 bits per heavy atom. The summed E-state index contributed by atoms with van der Waals surface area (Å²) in [5.74, 6) is 0. The van der Waals surface area contributed by atoms with Gasteiger partial charge in [0.2, 0.25) is 0 Å². The van der Waals surface area contributed by atoms with Crippen molar-refractivity contribution in [2.45, 2.75) is 26.2 Å². The van der Waals surface area contributed by atoms with Crippen LogP contribution in [0.25, 0.3) is 76.8 Å². The second-order valence-corrected chi connectivity index (χ2v) is 23.6. The van der Waals surface area contributed by atoms with Crippen LogP contribution >= 0.6 is 0 Å². The Morgan fingerprint density at radius 2 is 0.708 bits per heavy atom. The fourth-order valence-corrected chi connectivity index (χ4v) is 15.3. The van der Waals surface area contributed by atoms with E-state index in [2.05, 4.69) is 172 Å². The van der Waals surface area contributed by atoms with Crippen molar-refractivity contribution in [1.29, 1.82) is 0 Å². The van der Waals surface area contributed by atoms with Crippen molar-refractivity contribution in [3.63, 3.8) is 0 Å². The van der Waals surface area contributed by atoms with E-state index in [0.29, 0.717) is 0 Å². The van der Waals surface area contributed by atoms with Gasteiger partial charge in [-0.25, -0.2) is 0 Å². The van der Waals surface area contributed by atoms with Crippen molar-refractivity contribution in [1.82, 2.24) is 0 Å². The Labute approximate surface area is 284 Å². The van der Waals surface area contributed by atoms with E-state index >= 15 is 0 Å². The average molecular weight is 645 g/mol. The molecule has 0 unspecified atom stereocenters. The molecule has 0 spiro atoms. The molecular formula is C46H36Si2. The largest absolute Gasteiger partial charge is 0.113 e. The Hall–Kier alpha value is -5.03. The minimum atomic E-state index is -2.03. The van der Waals surface area contributed by atoms with Gasteiger partial charge in [0.05, 0.1) is 0 Å². The van der Waals surface area contributed by atoms with E-state index < -0.39 is 16.1 Å². The van der Waals surface area contributed by atoms with Crippen molar-refractivity contribution in [3.8, 4) is 44.5 Å². The maximum atomic E-state index is 2.57. The van der Waals surface area contributed by atoms with Gasteiger partial charge < -0.3 is 0 Å². The molecule has 8 aromatic rings. The van der Waals surface area contributed by atoms with Gasteiger partial charge in [0.15, 0.2) is 0 Å². The molecule has 0 saturated heterocycles. The SMILES string of the molecule is C[Si]1(C)c2cc(-c3cccc4ccccc34)ccc2-c2ccc3c4c(ccc1c24)[Si](C)(C)c1cc(-c2cccc4ccccc24)ccc1-3. The van der Waals surface area contributed by atoms with Gasteiger partial charge in [-0.05, 0) is 97.6 Å². The minimum absolute atomic E-state index is 1.30. The molecule has 8 aromatic carbocycles. The van der Waals surface area contributed by atoms with E-state index in [4.69, 9.17) is 0 Å². The summed E-state index contributed by atoms with van der Waals surface area (Å²) in [5, 5.41) is 14.6. The summed E-state index contributed by atoms with van der Waals surface area (Å²) in [6.07, 6.45) is 0. The Morgan fingerprint density at radius 1 is 0.312 bits per heavy atom. The number of benzene rings is 8. The molecule has 0 nitrogen and oxygen atoms in total. The maximum Gasteiger partial charge on any atom is 0.113 e. The van der Waals surface area contributed by atoms with E-state index in [9.17, 15) is 0 Å². The molecule has 2 heteroatoms. The van der Waals surface area contributed by atoms with Crippen LogP contribution in [0.1, 0.15) is 0 Å². The van der Waals surface area contributed by atoms with Crippen LogP contribution in [0.2, 0.25) is 26.2 Å². The van der Waals surface area contributed by atoms with Gasteiger partial charge in [0.25, 0.3) is 0 Å². The topological polar surface area (TPSA) is 0 Å². The molecule has 0 N–H and O–H groups in total. The van der Waals surface area contributed by atoms with Crippen LogP contribution in [0.15, 0.2) is 146 Å². The number of rotatable bonds is 2. The third-order valence-corrected chi connectivity index (χ3v) is 18.7. The molecule has 2 aliphatic heterocycles. The summed E-state index contributed by atoms with van der Waals surface area (Å²) in [5.41, 5.74) is 11.0. The summed E-state index contributed by atoms with van der Waals surface area (Å²) >= 11 is 0. The molecule has 0 amide bonds. The molecule has 0 bridgehead atoms. The van der Waals surface area contributed by atoms with E-state index in [-0.39, 0.29) is 0 Å². The van der Waals surface area contributed by atoms with Crippen LogP contribution in [-0.4, -0.2) is 16.1 Å². The zero-order valence-corrected chi connectivity index (χ0v) is 29.9. The number of hydrogen-bond donors (Lipinski definition) is 0. The van der Waals surface area contributed by atoms with Crippen LogP contribution in [0, 0.1) is 0 Å². The van der Waals surface area contributed by atoms with Crippen LogP contribution in [0.3, 0.4) is 0 Å². The lowest BCUT2D eigenvalue weighted by Gasteiger charge is -2.39. The highest BCUT2D eigenvalue weighted by molar-refractivity contribution is 7.05. The molecule has 0 atom stereocenters. The standard InChI is InChI=1S/C46H36Si2/c1-47(2)41-25-26-42-46-40(38-22-20-32(28-44(38)48(42,3)4)36-18-10-14-30-12-6-8-16-34(30)36)24-23-39(45(41)46)37-21-19-31(27-43(37)47)35-17-9-13-29-11-5-7-15-33(29)35/h5-28H,1-4H3. The lowest BCUT2D eigenvalue weighted by atomic mass is 9.89. The van der Waals surface area contributed by atoms with Crippen molar-refractivity contribution < 1.29 is 0 Å². The zero-order valence-electron chi connectivity index (χ0n) is 27.9. The molecule has 2 heterocycles. The van der Waals surface area contributed by atoms with Gasteiger partial charge in [0, 0.05) is 0 Å². The first-order chi connectivity index (χ1) is 23.3. The lowest BCUT2D eigenvalue weighted by Crippen LogP contribution is -2.59. The first-order valence-corrected chi connectivity index (χ1v) is 23.2. The first-order valence-electron chi connectivity index (χ1n) is 17.2. The van der Waals surface area contributed by atoms with Crippen molar-refractivity contribution >= 4 is 69.2 Å². The van der Waals surface area contributed by atoms with Crippen LogP contribution in [0.5, 0.6) is 0 Å². The summed E-state index contributed by atoms with van der Waals surface area (Å²) in [6.45, 7) is 10.3. The van der Waals surface area contributed by atoms with E-state index in [0.717, 1.165) is 0 Å². The summed E-state index contributed by atoms with van der Waals surface area (Å²) < 4.78 is 0. The normalized spacial score (nSPS) is 15.0. The molecule has 0 saturated carbocycles. The van der Waals surface area contributed by atoms with Gasteiger partial charge in [-0.15, -0.1) is 0 Å². The maximum absolute atomic E-state index is 2.57. The van der Waals surface area contributed by atoms with E-state index in [1.54, 1.807) is 20.7 Å². The van der Waals surface area contributed by atoms with Crippen molar-refractivity contribution in [2.75, 3.05) is 0 Å². The Bertz CT molecular complexity index is 2480. The highest BCUT2D eigenvalue weighted by atomic mass is 28.3. The van der Waals surface area contributed by atoms with Gasteiger partial charge >= 0.3 is 0 Å². The molecule has 0 radical (unpaired) electrons. The van der Waals surface area contributed by atoms with Gasteiger partial charge in [-0.3, -0.25) is 0 Å². The van der Waals surface area contributed by atoms with Gasteiger partial charge in [-0.1, -0.05) is 172 Å². The summed E-state index contributed by atoms with van der Waals surface area (Å²) in [6, 6.07) is 55.6. The zero-order chi connectivity index (χ0) is 32.4. The van der Waals surface area contributed by atoms with Crippen molar-refractivity contribution in [2.24, 2.45) is 0 Å². The quantitative estimate of drug-likeness (QED) is 0.164. The third-order valence-electron chi connectivity index (χ3n) is 11.7. The molecule has 228 valence electrons. The fourth-order valence-electron chi connectivity index (χ4n) is 9.16. The molecule has 0 fully saturated rings. The summed E-state index contributed by atoms with van der Waals surface area (Å²) in [7, 11) is -4.06. The lowest BCUT2D eigenvalue weighted by molar-refractivity contribution is 1.59. The number of fused-ring (bicyclic) bond motifs is 6. The monoisotopic (exact) mass is 644 g/mol. The van der Waals surface area contributed by atoms with Crippen LogP contribution < -0.4 is 20.7 Å². The molecular weight excluding hydrogens is 609 g/mol. The average Bonchev–Trinajstić information content (AvgIpc) is 3.12. The van der Waals surface area contributed by atoms with Gasteiger partial charge in [0.1, 0.15) is 16.1 Å². The molecule has 48 heavy (non-hydrogen) atoms. The van der Waals surface area contributed by atoms with Crippen LogP contribution in [0.4, 0.5) is 0 Å². The molecule has 0 aliphatic carbocycles. The predicted molar refractivity (Wildman–Crippen MR) is 214 cm³/mol. The number of hydrogen-bond acceptors (Lipinski definition) is 0. The van der Waals surface area contributed by atoms with E-state index in [1.807, 2.05) is 0 Å². The smallest absolute Gasteiger partial charge is 0.0620 e. The minimum Gasteiger partial charge on any atom is -0.0620 e. The molecule has 0 aromatic heterocycles. The van der Waals surface area contributed by atoms with Gasteiger partial charge in [-0.2, -0.15) is 0 Å². The second-order valence-electron chi connectivity index (χ2n) is 14.9. The van der Waals surface area contributed by atoms with Crippen LogP contribution in [-0.2, 0) is 0 Å². The first kappa shape index (κ1) is 28.0.